The minimum Gasteiger partial charge on any atom is -0.307 e. The predicted octanol–water partition coefficient (Wildman–Crippen LogP) is -0.690. The van der Waals surface area contributed by atoms with Gasteiger partial charge in [-0.1, -0.05) is 0 Å². The Kier molecular flexibility index (Phi) is 2.29. The molecule has 0 unspecified atom stereocenters. The van der Waals surface area contributed by atoms with Crippen LogP contribution >= 0.6 is 0 Å². The van der Waals surface area contributed by atoms with Gasteiger partial charge in [-0.25, -0.2) is 8.42 Å². The maximum atomic E-state index is 11.0. The Morgan fingerprint density at radius 1 is 1.55 bits per heavy atom. The number of hydrogen-bond donors (Lipinski definition) is 1. The zero-order chi connectivity index (χ0) is 8.48. The van der Waals surface area contributed by atoms with Gasteiger partial charge in [-0.3, -0.25) is 4.79 Å². The minimum absolute atomic E-state index is 0.454. The summed E-state index contributed by atoms with van der Waals surface area (Å²) in [5.41, 5.74) is 0. The number of nitrogens with one attached hydrogen (secondary N) is 1. The standard InChI is InChI=1S/C6H11NO3S/c1-11(9,10)6(8)5-3-2-4-7-5/h5,7H,2-4H2,1H3/t5-/m0/s1. The summed E-state index contributed by atoms with van der Waals surface area (Å²) >= 11 is 0. The molecule has 11 heavy (non-hydrogen) atoms. The molecule has 0 spiro atoms. The monoisotopic (exact) mass is 177 g/mol. The first-order valence-electron chi connectivity index (χ1n) is 3.49. The Morgan fingerprint density at radius 3 is 2.55 bits per heavy atom. The first kappa shape index (κ1) is 8.67. The second kappa shape index (κ2) is 2.91. The Hall–Kier alpha value is -0.420. The molecule has 0 bridgehead atoms. The lowest BCUT2D eigenvalue weighted by Gasteiger charge is -2.05. The smallest absolute Gasteiger partial charge is 0.262 e. The van der Waals surface area contributed by atoms with Crippen LogP contribution in [0.5, 0.6) is 0 Å². The summed E-state index contributed by atoms with van der Waals surface area (Å²) in [4.78, 5) is 11.0. The van der Waals surface area contributed by atoms with Crippen molar-refractivity contribution in [3.8, 4) is 0 Å². The first-order chi connectivity index (χ1) is 5.02. The quantitative estimate of drug-likeness (QED) is 0.576. The van der Waals surface area contributed by atoms with Gasteiger partial charge in [0.15, 0.2) is 0 Å². The van der Waals surface area contributed by atoms with Crippen molar-refractivity contribution >= 4 is 15.0 Å². The molecule has 64 valence electrons. The highest BCUT2D eigenvalue weighted by molar-refractivity contribution is 8.05. The summed E-state index contributed by atoms with van der Waals surface area (Å²) in [6, 6.07) is -0.454. The molecule has 1 rings (SSSR count). The molecular formula is C6H11NO3S. The zero-order valence-corrected chi connectivity index (χ0v) is 7.15. The summed E-state index contributed by atoms with van der Waals surface area (Å²) in [6.45, 7) is 0.742. The summed E-state index contributed by atoms with van der Waals surface area (Å²) in [5, 5.41) is 2.16. The summed E-state index contributed by atoms with van der Waals surface area (Å²) in [6.07, 6.45) is 2.48. The average Bonchev–Trinajstić information content (AvgIpc) is 2.34. The number of hydrogen-bond acceptors (Lipinski definition) is 4. The van der Waals surface area contributed by atoms with E-state index in [9.17, 15) is 13.2 Å². The van der Waals surface area contributed by atoms with Gasteiger partial charge in [0.25, 0.3) is 5.12 Å². The predicted molar refractivity (Wildman–Crippen MR) is 40.9 cm³/mol. The van der Waals surface area contributed by atoms with Crippen molar-refractivity contribution in [2.24, 2.45) is 0 Å². The first-order valence-corrected chi connectivity index (χ1v) is 5.38. The van der Waals surface area contributed by atoms with Crippen molar-refractivity contribution in [1.29, 1.82) is 0 Å². The molecule has 0 aliphatic carbocycles. The highest BCUT2D eigenvalue weighted by Crippen LogP contribution is 2.08. The van der Waals surface area contributed by atoms with Crippen molar-refractivity contribution in [3.63, 3.8) is 0 Å². The topological polar surface area (TPSA) is 63.2 Å². The Morgan fingerprint density at radius 2 is 2.18 bits per heavy atom. The van der Waals surface area contributed by atoms with Gasteiger partial charge in [0.2, 0.25) is 9.84 Å². The third-order valence-electron chi connectivity index (χ3n) is 1.71. The summed E-state index contributed by atoms with van der Waals surface area (Å²) < 4.78 is 21.5. The van der Waals surface area contributed by atoms with Crippen LogP contribution in [0.3, 0.4) is 0 Å². The summed E-state index contributed by atoms with van der Waals surface area (Å²) in [7, 11) is -3.49. The van der Waals surface area contributed by atoms with Crippen LogP contribution in [-0.4, -0.2) is 32.4 Å². The molecule has 1 N–H and O–H groups in total. The number of sulfone groups is 1. The molecule has 0 amide bonds. The molecule has 4 nitrogen and oxygen atoms in total. The summed E-state index contributed by atoms with van der Waals surface area (Å²) in [5.74, 6) is 0. The lowest BCUT2D eigenvalue weighted by Crippen LogP contribution is -2.35. The number of carbonyl (C=O) groups is 1. The lowest BCUT2D eigenvalue weighted by molar-refractivity contribution is -0.113. The molecule has 1 heterocycles. The Bertz CT molecular complexity index is 251. The maximum absolute atomic E-state index is 11.0. The molecule has 0 radical (unpaired) electrons. The molecule has 1 aliphatic heterocycles. The van der Waals surface area contributed by atoms with E-state index in [4.69, 9.17) is 0 Å². The fraction of sp³-hybridized carbons (Fsp3) is 0.833. The van der Waals surface area contributed by atoms with E-state index in [1.165, 1.54) is 0 Å². The van der Waals surface area contributed by atoms with Gasteiger partial charge in [0, 0.05) is 6.26 Å². The van der Waals surface area contributed by atoms with Crippen LogP contribution in [0.2, 0.25) is 0 Å². The normalized spacial score (nSPS) is 25.4. The van der Waals surface area contributed by atoms with Crippen LogP contribution in [0.15, 0.2) is 0 Å². The van der Waals surface area contributed by atoms with Gasteiger partial charge in [-0.2, -0.15) is 0 Å². The van der Waals surface area contributed by atoms with E-state index in [1.807, 2.05) is 0 Å². The van der Waals surface area contributed by atoms with Crippen molar-refractivity contribution < 1.29 is 13.2 Å². The van der Waals surface area contributed by atoms with Gasteiger partial charge in [0.1, 0.15) is 0 Å². The van der Waals surface area contributed by atoms with Gasteiger partial charge in [-0.05, 0) is 19.4 Å². The SMILES string of the molecule is CS(=O)(=O)C(=O)[C@@H]1CCCN1. The molecule has 1 fully saturated rings. The van der Waals surface area contributed by atoms with E-state index in [2.05, 4.69) is 5.32 Å². The molecule has 0 saturated carbocycles. The molecule has 0 aromatic rings. The van der Waals surface area contributed by atoms with Gasteiger partial charge in [-0.15, -0.1) is 0 Å². The molecule has 1 aliphatic rings. The molecular weight excluding hydrogens is 166 g/mol. The Balaban J connectivity index is 2.69. The van der Waals surface area contributed by atoms with E-state index < -0.39 is 21.0 Å². The van der Waals surface area contributed by atoms with Gasteiger partial charge < -0.3 is 5.32 Å². The van der Waals surface area contributed by atoms with Crippen molar-refractivity contribution in [3.05, 3.63) is 0 Å². The molecule has 0 aromatic carbocycles. The zero-order valence-electron chi connectivity index (χ0n) is 6.33. The molecule has 0 aromatic heterocycles. The second-order valence-corrected chi connectivity index (χ2v) is 4.69. The fourth-order valence-corrected chi connectivity index (χ4v) is 1.86. The third kappa shape index (κ3) is 2.00. The van der Waals surface area contributed by atoms with Crippen molar-refractivity contribution in [2.75, 3.05) is 12.8 Å². The lowest BCUT2D eigenvalue weighted by atomic mass is 10.2. The third-order valence-corrected chi connectivity index (χ3v) is 2.73. The van der Waals surface area contributed by atoms with Crippen LogP contribution in [0, 0.1) is 0 Å². The number of carbonyl (C=O) groups excluding carboxylic acids is 1. The van der Waals surface area contributed by atoms with E-state index in [0.29, 0.717) is 6.42 Å². The van der Waals surface area contributed by atoms with Crippen LogP contribution in [0.4, 0.5) is 0 Å². The van der Waals surface area contributed by atoms with Crippen LogP contribution in [0.1, 0.15) is 12.8 Å². The molecule has 1 atom stereocenters. The molecule has 5 heteroatoms. The fourth-order valence-electron chi connectivity index (χ4n) is 1.14. The largest absolute Gasteiger partial charge is 0.307 e. The van der Waals surface area contributed by atoms with Crippen LogP contribution < -0.4 is 5.32 Å². The van der Waals surface area contributed by atoms with E-state index in [-0.39, 0.29) is 0 Å². The maximum Gasteiger partial charge on any atom is 0.262 e. The van der Waals surface area contributed by atoms with Crippen LogP contribution in [0.25, 0.3) is 0 Å². The number of rotatable bonds is 1. The average molecular weight is 177 g/mol. The highest BCUT2D eigenvalue weighted by atomic mass is 32.2. The highest BCUT2D eigenvalue weighted by Gasteiger charge is 2.28. The van der Waals surface area contributed by atoms with Gasteiger partial charge >= 0.3 is 0 Å². The minimum atomic E-state index is -3.49. The second-order valence-electron chi connectivity index (χ2n) is 2.74. The van der Waals surface area contributed by atoms with Gasteiger partial charge in [0.05, 0.1) is 6.04 Å². The van der Waals surface area contributed by atoms with Crippen LogP contribution in [-0.2, 0) is 14.6 Å². The van der Waals surface area contributed by atoms with E-state index in [1.54, 1.807) is 0 Å². The van der Waals surface area contributed by atoms with E-state index in [0.717, 1.165) is 19.2 Å². The molecule has 1 saturated heterocycles. The van der Waals surface area contributed by atoms with Crippen molar-refractivity contribution in [1.82, 2.24) is 5.32 Å². The van der Waals surface area contributed by atoms with Crippen molar-refractivity contribution in [2.45, 2.75) is 18.9 Å². The Labute approximate surface area is 65.9 Å². The van der Waals surface area contributed by atoms with E-state index >= 15 is 0 Å².